The molecule has 0 aromatic carbocycles. The molecule has 1 aromatic rings. The number of hydrogen-bond donors (Lipinski definition) is 1. The van der Waals surface area contributed by atoms with E-state index in [9.17, 15) is 4.21 Å². The summed E-state index contributed by atoms with van der Waals surface area (Å²) in [5.74, 6) is 0. The summed E-state index contributed by atoms with van der Waals surface area (Å²) in [4.78, 5) is 3.73. The highest BCUT2D eigenvalue weighted by atomic mass is 32.2. The van der Waals surface area contributed by atoms with Gasteiger partial charge in [-0.3, -0.25) is 4.55 Å². The van der Waals surface area contributed by atoms with Crippen LogP contribution in [-0.4, -0.2) is 13.7 Å². The van der Waals surface area contributed by atoms with Gasteiger partial charge >= 0.3 is 17.4 Å². The quantitative estimate of drug-likeness (QED) is 0.690. The van der Waals surface area contributed by atoms with Crippen LogP contribution < -0.4 is 4.18 Å². The number of rotatable bonds is 3. The first kappa shape index (κ1) is 8.22. The first-order valence-electron chi connectivity index (χ1n) is 2.96. The van der Waals surface area contributed by atoms with E-state index in [1.54, 1.807) is 0 Å². The Kier molecular flexibility index (Phi) is 2.61. The van der Waals surface area contributed by atoms with Crippen molar-refractivity contribution in [3.63, 3.8) is 0 Å². The molecule has 1 heterocycles. The minimum absolute atomic E-state index is 0.178. The van der Waals surface area contributed by atoms with Gasteiger partial charge in [0.2, 0.25) is 0 Å². The Balaban J connectivity index is 2.65. The molecule has 1 atom stereocenters. The van der Waals surface area contributed by atoms with E-state index in [-0.39, 0.29) is 6.08 Å². The highest BCUT2D eigenvalue weighted by Crippen LogP contribution is 2.10. The van der Waals surface area contributed by atoms with Crippen LogP contribution in [0.4, 0.5) is 0 Å². The summed E-state index contributed by atoms with van der Waals surface area (Å²) >= 11 is -2.36. The van der Waals surface area contributed by atoms with Gasteiger partial charge in [-0.25, -0.2) is 0 Å². The van der Waals surface area contributed by atoms with E-state index in [1.165, 1.54) is 6.26 Å². The van der Waals surface area contributed by atoms with Crippen LogP contribution in [0.3, 0.4) is 0 Å². The minimum Gasteiger partial charge on any atom is -0.416 e. The standard InChI is InChI=1S/C5H7NO4S/c1-2-4-3-9-5(6-4)10-11(7)8/h3H,2H2,1H3,(H,7,8). The monoisotopic (exact) mass is 177 g/mol. The highest BCUT2D eigenvalue weighted by Gasteiger charge is 2.05. The van der Waals surface area contributed by atoms with Crippen LogP contribution >= 0.6 is 0 Å². The molecule has 0 aliphatic rings. The number of nitrogens with zero attached hydrogens (tertiary/aromatic N) is 1. The van der Waals surface area contributed by atoms with Crippen molar-refractivity contribution in [2.45, 2.75) is 13.3 Å². The van der Waals surface area contributed by atoms with Gasteiger partial charge in [-0.2, -0.15) is 9.19 Å². The van der Waals surface area contributed by atoms with Crippen LogP contribution in [0, 0.1) is 0 Å². The van der Waals surface area contributed by atoms with E-state index < -0.39 is 11.4 Å². The van der Waals surface area contributed by atoms with Gasteiger partial charge in [0, 0.05) is 0 Å². The molecular weight excluding hydrogens is 170 g/mol. The first-order valence-corrected chi connectivity index (χ1v) is 3.99. The number of aryl methyl sites for hydroxylation is 1. The molecule has 0 aliphatic heterocycles. The number of aromatic nitrogens is 1. The van der Waals surface area contributed by atoms with E-state index in [4.69, 9.17) is 4.55 Å². The van der Waals surface area contributed by atoms with Crippen molar-refractivity contribution in [2.75, 3.05) is 0 Å². The molecule has 0 aliphatic carbocycles. The fourth-order valence-corrected chi connectivity index (χ4v) is 0.749. The Morgan fingerprint density at radius 2 is 2.64 bits per heavy atom. The van der Waals surface area contributed by atoms with E-state index in [2.05, 4.69) is 13.6 Å². The molecule has 1 rings (SSSR count). The van der Waals surface area contributed by atoms with Gasteiger partial charge in [-0.1, -0.05) is 6.92 Å². The van der Waals surface area contributed by atoms with Crippen LogP contribution in [0.1, 0.15) is 12.6 Å². The topological polar surface area (TPSA) is 72.6 Å². The zero-order valence-electron chi connectivity index (χ0n) is 5.81. The number of hydrogen-bond acceptors (Lipinski definition) is 4. The first-order chi connectivity index (χ1) is 5.22. The molecular formula is C5H7NO4S. The van der Waals surface area contributed by atoms with Crippen LogP contribution in [0.5, 0.6) is 6.08 Å². The molecule has 11 heavy (non-hydrogen) atoms. The SMILES string of the molecule is CCc1coc(OS(=O)O)n1. The second-order valence-corrected chi connectivity index (χ2v) is 2.36. The second-order valence-electron chi connectivity index (χ2n) is 1.76. The Hall–Kier alpha value is -0.880. The summed E-state index contributed by atoms with van der Waals surface area (Å²) in [6, 6.07) is 0. The summed E-state index contributed by atoms with van der Waals surface area (Å²) in [5.41, 5.74) is 0.686. The maximum Gasteiger partial charge on any atom is 0.409 e. The molecule has 62 valence electrons. The lowest BCUT2D eigenvalue weighted by Gasteiger charge is -1.88. The largest absolute Gasteiger partial charge is 0.416 e. The van der Waals surface area contributed by atoms with Gasteiger partial charge in [0.05, 0.1) is 5.69 Å². The third-order valence-electron chi connectivity index (χ3n) is 1.04. The third kappa shape index (κ3) is 2.32. The van der Waals surface area contributed by atoms with Crippen molar-refractivity contribution in [1.29, 1.82) is 0 Å². The molecule has 0 saturated carbocycles. The van der Waals surface area contributed by atoms with E-state index in [0.717, 1.165) is 0 Å². The Morgan fingerprint density at radius 3 is 3.09 bits per heavy atom. The lowest BCUT2D eigenvalue weighted by atomic mass is 10.4. The summed E-state index contributed by atoms with van der Waals surface area (Å²) < 4.78 is 27.2. The van der Waals surface area contributed by atoms with Crippen molar-refractivity contribution in [1.82, 2.24) is 4.98 Å². The zero-order valence-corrected chi connectivity index (χ0v) is 6.63. The molecule has 0 bridgehead atoms. The van der Waals surface area contributed by atoms with Crippen molar-refractivity contribution >= 4 is 11.4 Å². The Labute approximate surface area is 65.9 Å². The highest BCUT2D eigenvalue weighted by molar-refractivity contribution is 7.74. The maximum atomic E-state index is 10.1. The fourth-order valence-electron chi connectivity index (χ4n) is 0.550. The molecule has 1 unspecified atom stereocenters. The predicted octanol–water partition coefficient (Wildman–Crippen LogP) is 0.753. The molecule has 5 nitrogen and oxygen atoms in total. The molecule has 1 aromatic heterocycles. The molecule has 6 heteroatoms. The van der Waals surface area contributed by atoms with Gasteiger partial charge in [-0.05, 0) is 6.42 Å². The minimum atomic E-state index is -2.36. The second kappa shape index (κ2) is 3.49. The van der Waals surface area contributed by atoms with Crippen LogP contribution in [0.15, 0.2) is 10.7 Å². The maximum absolute atomic E-state index is 10.1. The van der Waals surface area contributed by atoms with Crippen LogP contribution in [0.2, 0.25) is 0 Å². The smallest absolute Gasteiger partial charge is 0.409 e. The van der Waals surface area contributed by atoms with E-state index >= 15 is 0 Å². The summed E-state index contributed by atoms with van der Waals surface area (Å²) in [6.45, 7) is 1.89. The summed E-state index contributed by atoms with van der Waals surface area (Å²) in [6.07, 6.45) is 1.90. The van der Waals surface area contributed by atoms with Crippen molar-refractivity contribution in [3.8, 4) is 6.08 Å². The lowest BCUT2D eigenvalue weighted by Crippen LogP contribution is -1.97. The molecule has 0 saturated heterocycles. The Morgan fingerprint density at radius 1 is 1.91 bits per heavy atom. The van der Waals surface area contributed by atoms with Gasteiger partial charge in [-0.15, -0.1) is 0 Å². The predicted molar refractivity (Wildman–Crippen MR) is 37.3 cm³/mol. The lowest BCUT2D eigenvalue weighted by molar-refractivity contribution is 0.358. The summed E-state index contributed by atoms with van der Waals surface area (Å²) in [7, 11) is 0. The third-order valence-corrected chi connectivity index (χ3v) is 1.32. The molecule has 1 N–H and O–H groups in total. The Bertz CT molecular complexity index is 259. The number of oxazole rings is 1. The van der Waals surface area contributed by atoms with E-state index in [1.807, 2.05) is 6.92 Å². The zero-order chi connectivity index (χ0) is 8.27. The fraction of sp³-hybridized carbons (Fsp3) is 0.400. The van der Waals surface area contributed by atoms with Crippen LogP contribution in [0.25, 0.3) is 0 Å². The average molecular weight is 177 g/mol. The van der Waals surface area contributed by atoms with Crippen molar-refractivity contribution in [2.24, 2.45) is 0 Å². The average Bonchev–Trinajstić information content (AvgIpc) is 2.34. The summed E-state index contributed by atoms with van der Waals surface area (Å²) in [5, 5.41) is 0. The van der Waals surface area contributed by atoms with Crippen LogP contribution in [-0.2, 0) is 17.8 Å². The van der Waals surface area contributed by atoms with Crippen molar-refractivity contribution in [3.05, 3.63) is 12.0 Å². The van der Waals surface area contributed by atoms with Gasteiger partial charge in [0.25, 0.3) is 0 Å². The normalized spacial score (nSPS) is 12.9. The molecule has 0 radical (unpaired) electrons. The molecule has 0 spiro atoms. The van der Waals surface area contributed by atoms with Gasteiger partial charge in [0.15, 0.2) is 0 Å². The van der Waals surface area contributed by atoms with Crippen molar-refractivity contribution < 1.29 is 17.4 Å². The molecule has 0 fully saturated rings. The van der Waals surface area contributed by atoms with Gasteiger partial charge in [0.1, 0.15) is 6.26 Å². The van der Waals surface area contributed by atoms with Gasteiger partial charge < -0.3 is 8.60 Å². The van der Waals surface area contributed by atoms with E-state index in [0.29, 0.717) is 12.1 Å². The molecule has 0 amide bonds.